The first-order chi connectivity index (χ1) is 9.15. The van der Waals surface area contributed by atoms with Crippen molar-refractivity contribution in [2.24, 2.45) is 5.92 Å². The Morgan fingerprint density at radius 1 is 1.47 bits per heavy atom. The third-order valence-corrected chi connectivity index (χ3v) is 4.84. The maximum Gasteiger partial charge on any atom is 0.261 e. The number of amides is 1. The molecule has 1 N–H and O–H groups in total. The lowest BCUT2D eigenvalue weighted by atomic mass is 9.99. The van der Waals surface area contributed by atoms with Crippen LogP contribution in [0.4, 0.5) is 0 Å². The van der Waals surface area contributed by atoms with Gasteiger partial charge in [-0.2, -0.15) is 0 Å². The van der Waals surface area contributed by atoms with Crippen LogP contribution in [0.2, 0.25) is 4.34 Å². The van der Waals surface area contributed by atoms with Gasteiger partial charge in [-0.3, -0.25) is 4.79 Å². The highest BCUT2D eigenvalue weighted by molar-refractivity contribution is 7.17. The lowest BCUT2D eigenvalue weighted by Crippen LogP contribution is -2.35. The molecular weight excluding hydrogens is 280 g/mol. The number of rotatable bonds is 5. The molecule has 0 atom stereocenters. The van der Waals surface area contributed by atoms with E-state index in [9.17, 15) is 4.79 Å². The molecule has 1 fully saturated rings. The lowest BCUT2D eigenvalue weighted by molar-refractivity contribution is 0.0954. The van der Waals surface area contributed by atoms with Crippen LogP contribution in [0.25, 0.3) is 0 Å². The number of thiophene rings is 1. The van der Waals surface area contributed by atoms with Gasteiger partial charge in [-0.05, 0) is 56.9 Å². The topological polar surface area (TPSA) is 32.3 Å². The second kappa shape index (κ2) is 7.27. The molecule has 0 bridgehead atoms. The van der Waals surface area contributed by atoms with Crippen LogP contribution in [-0.4, -0.2) is 37.0 Å². The SMILES string of the molecule is CC1CCN(CCCNC(=O)c2ccc(Cl)s2)CC1. The van der Waals surface area contributed by atoms with Crippen LogP contribution in [0.1, 0.15) is 35.9 Å². The van der Waals surface area contributed by atoms with E-state index >= 15 is 0 Å². The summed E-state index contributed by atoms with van der Waals surface area (Å²) in [6.45, 7) is 6.55. The average Bonchev–Trinajstić information content (AvgIpc) is 2.83. The van der Waals surface area contributed by atoms with Crippen molar-refractivity contribution in [1.82, 2.24) is 10.2 Å². The standard InChI is InChI=1S/C14H21ClN2OS/c1-11-5-9-17(10-6-11)8-2-7-16-14(18)12-3-4-13(15)19-12/h3-4,11H,2,5-10H2,1H3,(H,16,18). The van der Waals surface area contributed by atoms with Gasteiger partial charge < -0.3 is 10.2 Å². The molecule has 1 saturated heterocycles. The van der Waals surface area contributed by atoms with Crippen LogP contribution in [-0.2, 0) is 0 Å². The summed E-state index contributed by atoms with van der Waals surface area (Å²) >= 11 is 7.14. The van der Waals surface area contributed by atoms with E-state index in [4.69, 9.17) is 11.6 Å². The van der Waals surface area contributed by atoms with Crippen molar-refractivity contribution in [2.75, 3.05) is 26.2 Å². The van der Waals surface area contributed by atoms with E-state index in [0.717, 1.165) is 25.4 Å². The van der Waals surface area contributed by atoms with Crippen molar-refractivity contribution in [2.45, 2.75) is 26.2 Å². The molecule has 1 aliphatic heterocycles. The zero-order valence-corrected chi connectivity index (χ0v) is 12.9. The third kappa shape index (κ3) is 4.79. The lowest BCUT2D eigenvalue weighted by Gasteiger charge is -2.30. The van der Waals surface area contributed by atoms with E-state index in [0.29, 0.717) is 9.21 Å². The molecule has 1 aromatic heterocycles. The summed E-state index contributed by atoms with van der Waals surface area (Å²) in [5.41, 5.74) is 0. The summed E-state index contributed by atoms with van der Waals surface area (Å²) < 4.78 is 0.660. The van der Waals surface area contributed by atoms with Crippen LogP contribution < -0.4 is 5.32 Å². The van der Waals surface area contributed by atoms with Gasteiger partial charge in [0.25, 0.3) is 5.91 Å². The van der Waals surface area contributed by atoms with E-state index in [2.05, 4.69) is 17.1 Å². The molecule has 0 spiro atoms. The molecule has 0 saturated carbocycles. The molecule has 0 aromatic carbocycles. The number of halogens is 1. The first kappa shape index (κ1) is 14.8. The summed E-state index contributed by atoms with van der Waals surface area (Å²) in [5.74, 6) is 0.865. The summed E-state index contributed by atoms with van der Waals surface area (Å²) in [4.78, 5) is 15.0. The Morgan fingerprint density at radius 2 is 2.21 bits per heavy atom. The first-order valence-corrected chi connectivity index (χ1v) is 8.10. The molecule has 0 radical (unpaired) electrons. The minimum atomic E-state index is -0.0100. The highest BCUT2D eigenvalue weighted by Crippen LogP contribution is 2.21. The highest BCUT2D eigenvalue weighted by Gasteiger charge is 2.15. The maximum atomic E-state index is 11.8. The molecule has 2 heterocycles. The minimum Gasteiger partial charge on any atom is -0.351 e. The van der Waals surface area contributed by atoms with E-state index in [1.165, 1.54) is 37.3 Å². The molecule has 1 aromatic rings. The van der Waals surface area contributed by atoms with Crippen LogP contribution in [0.5, 0.6) is 0 Å². The van der Waals surface area contributed by atoms with Gasteiger partial charge >= 0.3 is 0 Å². The number of piperidine rings is 1. The summed E-state index contributed by atoms with van der Waals surface area (Å²) in [6, 6.07) is 3.53. The molecule has 1 aliphatic rings. The van der Waals surface area contributed by atoms with Gasteiger partial charge in [0, 0.05) is 6.54 Å². The Morgan fingerprint density at radius 3 is 2.84 bits per heavy atom. The monoisotopic (exact) mass is 300 g/mol. The molecule has 5 heteroatoms. The molecule has 0 aliphatic carbocycles. The van der Waals surface area contributed by atoms with E-state index in [-0.39, 0.29) is 5.91 Å². The normalized spacial score (nSPS) is 17.6. The predicted octanol–water partition coefficient (Wildman–Crippen LogP) is 3.25. The third-order valence-electron chi connectivity index (χ3n) is 3.61. The van der Waals surface area contributed by atoms with Crippen LogP contribution in [0.15, 0.2) is 12.1 Å². The zero-order chi connectivity index (χ0) is 13.7. The van der Waals surface area contributed by atoms with Crippen molar-refractivity contribution < 1.29 is 4.79 Å². The maximum absolute atomic E-state index is 11.8. The second-order valence-electron chi connectivity index (χ2n) is 5.24. The van der Waals surface area contributed by atoms with E-state index < -0.39 is 0 Å². The fourth-order valence-electron chi connectivity index (χ4n) is 2.31. The van der Waals surface area contributed by atoms with Crippen molar-refractivity contribution in [3.63, 3.8) is 0 Å². The molecule has 19 heavy (non-hydrogen) atoms. The van der Waals surface area contributed by atoms with Gasteiger partial charge in [-0.15, -0.1) is 11.3 Å². The van der Waals surface area contributed by atoms with Crippen molar-refractivity contribution >= 4 is 28.8 Å². The molecule has 2 rings (SSSR count). The number of nitrogens with one attached hydrogen (secondary N) is 1. The number of carbonyl (C=O) groups is 1. The molecule has 1 amide bonds. The Labute approximate surface area is 123 Å². The minimum absolute atomic E-state index is 0.0100. The number of hydrogen-bond donors (Lipinski definition) is 1. The predicted molar refractivity (Wildman–Crippen MR) is 81.1 cm³/mol. The fourth-order valence-corrected chi connectivity index (χ4v) is 3.27. The molecule has 0 unspecified atom stereocenters. The number of nitrogens with zero attached hydrogens (tertiary/aromatic N) is 1. The quantitative estimate of drug-likeness (QED) is 0.847. The summed E-state index contributed by atoms with van der Waals surface area (Å²) in [5, 5.41) is 2.95. The molecule has 3 nitrogen and oxygen atoms in total. The first-order valence-electron chi connectivity index (χ1n) is 6.91. The number of carbonyl (C=O) groups excluding carboxylic acids is 1. The van der Waals surface area contributed by atoms with Crippen molar-refractivity contribution in [3.8, 4) is 0 Å². The van der Waals surface area contributed by atoms with Crippen LogP contribution >= 0.6 is 22.9 Å². The zero-order valence-electron chi connectivity index (χ0n) is 11.3. The second-order valence-corrected chi connectivity index (χ2v) is 6.95. The Balaban J connectivity index is 1.60. The Hall–Kier alpha value is -0.580. The van der Waals surface area contributed by atoms with Gasteiger partial charge in [0.2, 0.25) is 0 Å². The van der Waals surface area contributed by atoms with Crippen molar-refractivity contribution in [3.05, 3.63) is 21.3 Å². The van der Waals surface area contributed by atoms with Gasteiger partial charge in [0.05, 0.1) is 9.21 Å². The van der Waals surface area contributed by atoms with Crippen LogP contribution in [0, 0.1) is 5.92 Å². The fraction of sp³-hybridized carbons (Fsp3) is 0.643. The summed E-state index contributed by atoms with van der Waals surface area (Å²) in [7, 11) is 0. The molecule has 106 valence electrons. The Bertz CT molecular complexity index is 413. The Kier molecular flexibility index (Phi) is 5.67. The molecular formula is C14H21ClN2OS. The van der Waals surface area contributed by atoms with Gasteiger partial charge in [0.15, 0.2) is 0 Å². The van der Waals surface area contributed by atoms with Gasteiger partial charge in [-0.25, -0.2) is 0 Å². The van der Waals surface area contributed by atoms with E-state index in [1.807, 2.05) is 0 Å². The van der Waals surface area contributed by atoms with Crippen molar-refractivity contribution in [1.29, 1.82) is 0 Å². The van der Waals surface area contributed by atoms with E-state index in [1.54, 1.807) is 12.1 Å². The smallest absolute Gasteiger partial charge is 0.261 e. The van der Waals surface area contributed by atoms with Gasteiger partial charge in [0.1, 0.15) is 0 Å². The van der Waals surface area contributed by atoms with Crippen LogP contribution in [0.3, 0.4) is 0 Å². The largest absolute Gasteiger partial charge is 0.351 e. The summed E-state index contributed by atoms with van der Waals surface area (Å²) in [6.07, 6.45) is 3.62. The number of hydrogen-bond acceptors (Lipinski definition) is 3. The van der Waals surface area contributed by atoms with Gasteiger partial charge in [-0.1, -0.05) is 18.5 Å². The average molecular weight is 301 g/mol. The number of likely N-dealkylation sites (tertiary alicyclic amines) is 1. The highest BCUT2D eigenvalue weighted by atomic mass is 35.5.